The molecule has 0 atom stereocenters. The number of rotatable bonds is 4. The summed E-state index contributed by atoms with van der Waals surface area (Å²) < 4.78 is 1.83. The first-order chi connectivity index (χ1) is 8.74. The van der Waals surface area contributed by atoms with E-state index in [0.29, 0.717) is 10.7 Å². The van der Waals surface area contributed by atoms with Gasteiger partial charge in [0.15, 0.2) is 5.82 Å². The van der Waals surface area contributed by atoms with E-state index in [1.54, 1.807) is 12.1 Å². The molecule has 1 fully saturated rings. The Morgan fingerprint density at radius 3 is 2.94 bits per heavy atom. The topological polar surface area (TPSA) is 69.6 Å². The van der Waals surface area contributed by atoms with Gasteiger partial charge in [-0.3, -0.25) is 0 Å². The Morgan fingerprint density at radius 1 is 1.39 bits per heavy atom. The molecule has 0 radical (unpaired) electrons. The number of benzene rings is 1. The molecule has 0 bridgehead atoms. The van der Waals surface area contributed by atoms with Crippen LogP contribution >= 0.6 is 11.6 Å². The molecule has 0 spiro atoms. The number of nitrogen functional groups attached to an aromatic ring is 1. The van der Waals surface area contributed by atoms with Crippen LogP contribution in [0.15, 0.2) is 18.2 Å². The standard InChI is InChI=1S/C12H14ClN5/c13-10-7-9(3-4-11(10)14)12-15-16-17-18(12)6-5-8-1-2-8/h3-4,7-8H,1-2,5-6,14H2. The molecule has 1 aromatic heterocycles. The monoisotopic (exact) mass is 263 g/mol. The van der Waals surface area contributed by atoms with Crippen LogP contribution < -0.4 is 5.73 Å². The molecule has 1 aromatic carbocycles. The predicted molar refractivity (Wildman–Crippen MR) is 70.0 cm³/mol. The molecule has 2 aromatic rings. The number of hydrogen-bond acceptors (Lipinski definition) is 4. The third-order valence-electron chi connectivity index (χ3n) is 3.24. The smallest absolute Gasteiger partial charge is 0.182 e. The second kappa shape index (κ2) is 4.57. The third-order valence-corrected chi connectivity index (χ3v) is 3.56. The Morgan fingerprint density at radius 2 is 2.22 bits per heavy atom. The Kier molecular flexibility index (Phi) is 2.91. The fourth-order valence-corrected chi connectivity index (χ4v) is 2.12. The van der Waals surface area contributed by atoms with Crippen molar-refractivity contribution >= 4 is 17.3 Å². The van der Waals surface area contributed by atoms with Gasteiger partial charge in [0, 0.05) is 12.1 Å². The van der Waals surface area contributed by atoms with Gasteiger partial charge in [-0.05, 0) is 41.0 Å². The van der Waals surface area contributed by atoms with Crippen LogP contribution in [0.25, 0.3) is 11.4 Å². The summed E-state index contributed by atoms with van der Waals surface area (Å²) in [4.78, 5) is 0. The summed E-state index contributed by atoms with van der Waals surface area (Å²) >= 11 is 6.02. The summed E-state index contributed by atoms with van der Waals surface area (Å²) in [6.45, 7) is 0.856. The van der Waals surface area contributed by atoms with Gasteiger partial charge in [-0.2, -0.15) is 0 Å². The summed E-state index contributed by atoms with van der Waals surface area (Å²) in [5, 5.41) is 12.4. The second-order valence-corrected chi connectivity index (χ2v) is 5.10. The number of aryl methyl sites for hydroxylation is 1. The van der Waals surface area contributed by atoms with E-state index < -0.39 is 0 Å². The third kappa shape index (κ3) is 2.31. The van der Waals surface area contributed by atoms with E-state index in [4.69, 9.17) is 17.3 Å². The highest BCUT2D eigenvalue weighted by Crippen LogP contribution is 2.33. The lowest BCUT2D eigenvalue weighted by Crippen LogP contribution is -2.04. The molecule has 0 saturated heterocycles. The van der Waals surface area contributed by atoms with Crippen LogP contribution in [0.1, 0.15) is 19.3 Å². The van der Waals surface area contributed by atoms with Gasteiger partial charge in [0.25, 0.3) is 0 Å². The lowest BCUT2D eigenvalue weighted by Gasteiger charge is -2.05. The summed E-state index contributed by atoms with van der Waals surface area (Å²) in [6.07, 6.45) is 3.82. The van der Waals surface area contributed by atoms with Crippen molar-refractivity contribution in [3.8, 4) is 11.4 Å². The molecule has 18 heavy (non-hydrogen) atoms. The zero-order valence-electron chi connectivity index (χ0n) is 9.88. The maximum Gasteiger partial charge on any atom is 0.182 e. The van der Waals surface area contributed by atoms with Gasteiger partial charge < -0.3 is 5.73 Å². The normalized spacial score (nSPS) is 14.9. The van der Waals surface area contributed by atoms with Crippen molar-refractivity contribution in [1.82, 2.24) is 20.2 Å². The van der Waals surface area contributed by atoms with Crippen LogP contribution in [0.3, 0.4) is 0 Å². The molecule has 3 rings (SSSR count). The minimum atomic E-state index is 0.532. The fourth-order valence-electron chi connectivity index (χ4n) is 1.94. The van der Waals surface area contributed by atoms with Gasteiger partial charge in [-0.25, -0.2) is 4.68 Å². The van der Waals surface area contributed by atoms with Crippen molar-refractivity contribution in [3.63, 3.8) is 0 Å². The first kappa shape index (κ1) is 11.5. The van der Waals surface area contributed by atoms with E-state index in [9.17, 15) is 0 Å². The zero-order valence-corrected chi connectivity index (χ0v) is 10.6. The van der Waals surface area contributed by atoms with Crippen LogP contribution in [0, 0.1) is 5.92 Å². The lowest BCUT2D eigenvalue weighted by molar-refractivity contribution is 0.535. The van der Waals surface area contributed by atoms with Gasteiger partial charge in [-0.15, -0.1) is 5.10 Å². The van der Waals surface area contributed by atoms with Crippen LogP contribution in [-0.2, 0) is 6.54 Å². The van der Waals surface area contributed by atoms with E-state index >= 15 is 0 Å². The first-order valence-electron chi connectivity index (χ1n) is 6.05. The average Bonchev–Trinajstić information content (AvgIpc) is 3.08. The summed E-state index contributed by atoms with van der Waals surface area (Å²) in [7, 11) is 0. The molecule has 1 heterocycles. The first-order valence-corrected chi connectivity index (χ1v) is 6.43. The highest BCUT2D eigenvalue weighted by Gasteiger charge is 2.21. The Hall–Kier alpha value is -1.62. The number of hydrogen-bond donors (Lipinski definition) is 1. The number of aromatic nitrogens is 4. The molecular formula is C12H14ClN5. The van der Waals surface area contributed by atoms with Crippen molar-refractivity contribution in [2.24, 2.45) is 5.92 Å². The molecule has 1 aliphatic rings. The van der Waals surface area contributed by atoms with Crippen LogP contribution in [-0.4, -0.2) is 20.2 Å². The van der Waals surface area contributed by atoms with Crippen molar-refractivity contribution in [2.45, 2.75) is 25.8 Å². The van der Waals surface area contributed by atoms with Crippen LogP contribution in [0.2, 0.25) is 5.02 Å². The van der Waals surface area contributed by atoms with Gasteiger partial charge >= 0.3 is 0 Å². The van der Waals surface area contributed by atoms with E-state index in [1.807, 2.05) is 10.7 Å². The molecule has 5 nitrogen and oxygen atoms in total. The molecule has 2 N–H and O–H groups in total. The second-order valence-electron chi connectivity index (χ2n) is 4.69. The molecule has 94 valence electrons. The maximum atomic E-state index is 6.02. The minimum Gasteiger partial charge on any atom is -0.398 e. The lowest BCUT2D eigenvalue weighted by atomic mass is 10.2. The van der Waals surface area contributed by atoms with Gasteiger partial charge in [-0.1, -0.05) is 24.4 Å². The largest absolute Gasteiger partial charge is 0.398 e. The molecule has 0 unspecified atom stereocenters. The Labute approximate surface area is 110 Å². The predicted octanol–water partition coefficient (Wildman–Crippen LogP) is 2.38. The number of anilines is 1. The number of tetrazole rings is 1. The van der Waals surface area contributed by atoms with Gasteiger partial charge in [0.05, 0.1) is 10.7 Å². The average molecular weight is 264 g/mol. The molecule has 1 saturated carbocycles. The number of nitrogens with zero attached hydrogens (tertiary/aromatic N) is 4. The van der Waals surface area contributed by atoms with Crippen molar-refractivity contribution in [2.75, 3.05) is 5.73 Å². The van der Waals surface area contributed by atoms with E-state index in [-0.39, 0.29) is 0 Å². The number of nitrogens with two attached hydrogens (primary N) is 1. The molecule has 1 aliphatic carbocycles. The number of halogens is 1. The van der Waals surface area contributed by atoms with Crippen LogP contribution in [0.4, 0.5) is 5.69 Å². The van der Waals surface area contributed by atoms with E-state index in [1.165, 1.54) is 12.8 Å². The van der Waals surface area contributed by atoms with E-state index in [0.717, 1.165) is 30.3 Å². The van der Waals surface area contributed by atoms with E-state index in [2.05, 4.69) is 15.5 Å². The summed E-state index contributed by atoms with van der Waals surface area (Å²) in [5.74, 6) is 1.61. The quantitative estimate of drug-likeness (QED) is 0.860. The fraction of sp³-hybridized carbons (Fsp3) is 0.417. The zero-order chi connectivity index (χ0) is 12.5. The van der Waals surface area contributed by atoms with Crippen molar-refractivity contribution in [3.05, 3.63) is 23.2 Å². The van der Waals surface area contributed by atoms with Crippen LogP contribution in [0.5, 0.6) is 0 Å². The molecule has 0 aliphatic heterocycles. The maximum absolute atomic E-state index is 6.02. The molecule has 0 amide bonds. The van der Waals surface area contributed by atoms with Gasteiger partial charge in [0.2, 0.25) is 0 Å². The summed E-state index contributed by atoms with van der Waals surface area (Å²) in [5.41, 5.74) is 7.16. The SMILES string of the molecule is Nc1ccc(-c2nnnn2CCC2CC2)cc1Cl. The van der Waals surface area contributed by atoms with Crippen molar-refractivity contribution in [1.29, 1.82) is 0 Å². The minimum absolute atomic E-state index is 0.532. The highest BCUT2D eigenvalue weighted by atomic mass is 35.5. The molecule has 6 heteroatoms. The highest BCUT2D eigenvalue weighted by molar-refractivity contribution is 6.33. The summed E-state index contributed by atoms with van der Waals surface area (Å²) in [6, 6.07) is 5.47. The van der Waals surface area contributed by atoms with Crippen molar-refractivity contribution < 1.29 is 0 Å². The molecular weight excluding hydrogens is 250 g/mol. The van der Waals surface area contributed by atoms with Gasteiger partial charge in [0.1, 0.15) is 0 Å². The Balaban J connectivity index is 1.85. The Bertz CT molecular complexity index is 561.